The quantitative estimate of drug-likeness (QED) is 0.568. The summed E-state index contributed by atoms with van der Waals surface area (Å²) in [5.74, 6) is -1.22. The number of aliphatic hydroxyl groups is 1. The van der Waals surface area contributed by atoms with Crippen LogP contribution in [0.4, 0.5) is 0 Å². The maximum absolute atomic E-state index is 10.4. The number of benzene rings is 1. The summed E-state index contributed by atoms with van der Waals surface area (Å²) in [5, 5.41) is 9.08. The van der Waals surface area contributed by atoms with E-state index >= 15 is 0 Å². The third kappa shape index (κ3) is 6.73. The van der Waals surface area contributed by atoms with E-state index < -0.39 is 13.9 Å². The first-order valence-corrected chi connectivity index (χ1v) is 4.61. The second-order valence-corrected chi connectivity index (χ2v) is 3.37. The van der Waals surface area contributed by atoms with Crippen LogP contribution in [0.2, 0.25) is 0 Å². The van der Waals surface area contributed by atoms with Crippen LogP contribution in [0.5, 0.6) is 0 Å². The van der Waals surface area contributed by atoms with Crippen LogP contribution in [0, 0.1) is 0 Å². The van der Waals surface area contributed by atoms with Gasteiger partial charge in [-0.15, -0.1) is 0 Å². The Balaban J connectivity index is 0. The Hall–Kier alpha value is 2.64. The molecule has 1 aromatic rings. The van der Waals surface area contributed by atoms with Crippen molar-refractivity contribution in [3.63, 3.8) is 0 Å². The van der Waals surface area contributed by atoms with Crippen LogP contribution < -0.4 is 0 Å². The molecule has 0 saturated carbocycles. The third-order valence-electron chi connectivity index (χ3n) is 1.35. The van der Waals surface area contributed by atoms with E-state index in [1.54, 1.807) is 30.3 Å². The fourth-order valence-electron chi connectivity index (χ4n) is 0.778. The Morgan fingerprint density at radius 1 is 1.15 bits per heavy atom. The van der Waals surface area contributed by atoms with Crippen LogP contribution in [-0.2, 0) is 4.57 Å². The minimum absolute atomic E-state index is 0. The summed E-state index contributed by atoms with van der Waals surface area (Å²) >= 11 is 0. The molecule has 2 atom stereocenters. The summed E-state index contributed by atoms with van der Waals surface area (Å²) in [6, 6.07) is 8.43. The third-order valence-corrected chi connectivity index (χ3v) is 2.15. The van der Waals surface area contributed by atoms with Crippen LogP contribution in [0.15, 0.2) is 30.3 Å². The van der Waals surface area contributed by atoms with Crippen molar-refractivity contribution in [2.75, 3.05) is 0 Å². The Labute approximate surface area is 163 Å². The first kappa shape index (κ1) is 18.0. The molecule has 0 aliphatic rings. The van der Waals surface area contributed by atoms with Gasteiger partial charge in [-0.2, -0.15) is 0 Å². The molecule has 0 spiro atoms. The molecule has 2 N–H and O–H groups in total. The molecule has 0 heterocycles. The van der Waals surface area contributed by atoms with Gasteiger partial charge in [-0.1, -0.05) is 30.3 Å². The molecule has 6 heteroatoms. The summed E-state index contributed by atoms with van der Waals surface area (Å²) in [6.45, 7) is 0. The van der Waals surface area contributed by atoms with Crippen LogP contribution in [0.25, 0.3) is 0 Å². The van der Waals surface area contributed by atoms with Gasteiger partial charge in [0.1, 0.15) is 0 Å². The summed E-state index contributed by atoms with van der Waals surface area (Å²) < 4.78 is 10.4. The molecular formula is C7H11K2O3P. The van der Waals surface area contributed by atoms with E-state index in [-0.39, 0.29) is 103 Å². The molecule has 0 amide bonds. The first-order chi connectivity index (χ1) is 5.22. The molecule has 0 saturated heterocycles. The van der Waals surface area contributed by atoms with Gasteiger partial charge in [-0.05, 0) is 5.56 Å². The second-order valence-electron chi connectivity index (χ2n) is 2.15. The Morgan fingerprint density at radius 3 is 2.00 bits per heavy atom. The van der Waals surface area contributed by atoms with Gasteiger partial charge < -0.3 is 10.00 Å². The van der Waals surface area contributed by atoms with Crippen molar-refractivity contribution in [2.45, 2.75) is 5.85 Å². The first-order valence-electron chi connectivity index (χ1n) is 3.17. The average Bonchev–Trinajstić information content (AvgIpc) is 2.05. The van der Waals surface area contributed by atoms with Gasteiger partial charge in [0, 0.05) is 0 Å². The predicted molar refractivity (Wildman–Crippen MR) is 56.9 cm³/mol. The average molecular weight is 252 g/mol. The molecule has 1 rings (SSSR count). The summed E-state index contributed by atoms with van der Waals surface area (Å²) in [6.07, 6.45) is 0. The van der Waals surface area contributed by atoms with Crippen LogP contribution in [0.1, 0.15) is 11.4 Å². The molecule has 64 valence electrons. The molecule has 0 radical (unpaired) electrons. The second kappa shape index (κ2) is 9.84. The van der Waals surface area contributed by atoms with Crippen LogP contribution in [0.3, 0.4) is 0 Å². The van der Waals surface area contributed by atoms with E-state index in [0.717, 1.165) is 0 Å². The molecule has 0 aliphatic heterocycles. The van der Waals surface area contributed by atoms with Crippen molar-refractivity contribution in [1.29, 1.82) is 0 Å². The van der Waals surface area contributed by atoms with Gasteiger partial charge in [-0.25, -0.2) is 0 Å². The molecule has 0 aliphatic carbocycles. The van der Waals surface area contributed by atoms with Crippen LogP contribution in [-0.4, -0.2) is 113 Å². The van der Waals surface area contributed by atoms with Crippen molar-refractivity contribution >= 4 is 111 Å². The molecule has 3 nitrogen and oxygen atoms in total. The topological polar surface area (TPSA) is 57.5 Å². The van der Waals surface area contributed by atoms with Gasteiger partial charge in [0.15, 0.2) is 5.85 Å². The zero-order valence-electron chi connectivity index (χ0n) is 5.77. The number of aliphatic hydroxyl groups excluding tert-OH is 1. The monoisotopic (exact) mass is 252 g/mol. The fraction of sp³-hybridized carbons (Fsp3) is 0.143. The normalized spacial score (nSPS) is 13.4. The summed E-state index contributed by atoms with van der Waals surface area (Å²) in [4.78, 5) is 8.57. The predicted octanol–water partition coefficient (Wildman–Crippen LogP) is -0.153. The van der Waals surface area contributed by atoms with Crippen LogP contribution >= 0.6 is 8.03 Å². The fourth-order valence-corrected chi connectivity index (χ4v) is 1.26. The molecule has 0 fully saturated rings. The standard InChI is InChI=1S/C7H9O3P.2K.2H/c8-7(11(9)10)6-4-2-1-3-5-6;;;;/h1-5,7-8,11H,(H,9,10);;;;. The van der Waals surface area contributed by atoms with Crippen molar-refractivity contribution in [2.24, 2.45) is 0 Å². The number of hydrogen-bond donors (Lipinski definition) is 2. The van der Waals surface area contributed by atoms with E-state index in [2.05, 4.69) is 0 Å². The van der Waals surface area contributed by atoms with Crippen molar-refractivity contribution < 1.29 is 14.6 Å². The molecule has 2 unspecified atom stereocenters. The molecular weight excluding hydrogens is 241 g/mol. The number of hydrogen-bond acceptors (Lipinski definition) is 2. The zero-order chi connectivity index (χ0) is 8.27. The molecule has 0 bridgehead atoms. The van der Waals surface area contributed by atoms with Gasteiger partial charge >= 0.3 is 103 Å². The summed E-state index contributed by atoms with van der Waals surface area (Å²) in [7, 11) is -2.86. The number of rotatable bonds is 2. The van der Waals surface area contributed by atoms with Gasteiger partial charge in [0.05, 0.1) is 0 Å². The van der Waals surface area contributed by atoms with E-state index in [1.165, 1.54) is 0 Å². The van der Waals surface area contributed by atoms with Crippen molar-refractivity contribution in [3.8, 4) is 0 Å². The Kier molecular flexibility index (Phi) is 13.6. The van der Waals surface area contributed by atoms with Crippen molar-refractivity contribution in [3.05, 3.63) is 35.9 Å². The minimum atomic E-state index is -2.86. The van der Waals surface area contributed by atoms with E-state index in [0.29, 0.717) is 5.56 Å². The molecule has 1 aromatic carbocycles. The zero-order valence-corrected chi connectivity index (χ0v) is 6.77. The maximum atomic E-state index is 10.4. The van der Waals surface area contributed by atoms with Gasteiger partial charge in [-0.3, -0.25) is 4.57 Å². The Morgan fingerprint density at radius 2 is 1.62 bits per heavy atom. The molecule has 13 heavy (non-hydrogen) atoms. The van der Waals surface area contributed by atoms with Crippen molar-refractivity contribution in [1.82, 2.24) is 0 Å². The Bertz CT molecular complexity index is 255. The van der Waals surface area contributed by atoms with Gasteiger partial charge in [0.25, 0.3) is 0 Å². The SMILES string of the molecule is O=[PH](O)C(O)c1ccccc1.[KH].[KH]. The van der Waals surface area contributed by atoms with E-state index in [9.17, 15) is 4.57 Å². The van der Waals surface area contributed by atoms with Gasteiger partial charge in [0.2, 0.25) is 8.03 Å². The van der Waals surface area contributed by atoms with E-state index in [4.69, 9.17) is 10.00 Å². The molecule has 0 aromatic heterocycles. The van der Waals surface area contributed by atoms with E-state index in [1.807, 2.05) is 0 Å². The summed E-state index contributed by atoms with van der Waals surface area (Å²) in [5.41, 5.74) is 0.485.